The summed E-state index contributed by atoms with van der Waals surface area (Å²) in [4.78, 5) is 14.1. The molecule has 1 aromatic carbocycles. The van der Waals surface area contributed by atoms with E-state index in [1.165, 1.54) is 11.1 Å². The van der Waals surface area contributed by atoms with Crippen LogP contribution in [0.3, 0.4) is 0 Å². The Labute approximate surface area is 107 Å². The van der Waals surface area contributed by atoms with Crippen molar-refractivity contribution in [1.82, 2.24) is 10.2 Å². The second-order valence-electron chi connectivity index (χ2n) is 4.95. The number of rotatable bonds is 2. The van der Waals surface area contributed by atoms with E-state index in [1.54, 1.807) is 0 Å². The zero-order valence-corrected chi connectivity index (χ0v) is 10.4. The van der Waals surface area contributed by atoms with Crippen LogP contribution in [0.25, 0.3) is 0 Å². The third-order valence-corrected chi connectivity index (χ3v) is 3.61. The molecule has 0 aromatic heterocycles. The molecule has 4 heteroatoms. The Morgan fingerprint density at radius 2 is 2.06 bits per heavy atom. The Morgan fingerprint density at radius 1 is 1.33 bits per heavy atom. The summed E-state index contributed by atoms with van der Waals surface area (Å²) >= 11 is 0. The molecule has 0 spiro atoms. The van der Waals surface area contributed by atoms with Gasteiger partial charge in [0.25, 0.3) is 0 Å². The Hall–Kier alpha value is -1.39. The minimum absolute atomic E-state index is 0.176. The number of hydrogen-bond acceptors (Lipinski definition) is 3. The van der Waals surface area contributed by atoms with Crippen molar-refractivity contribution in [1.29, 1.82) is 0 Å². The molecule has 3 rings (SSSR count). The van der Waals surface area contributed by atoms with Crippen molar-refractivity contribution >= 4 is 5.91 Å². The third-order valence-electron chi connectivity index (χ3n) is 3.61. The second-order valence-corrected chi connectivity index (χ2v) is 4.95. The molecule has 2 heterocycles. The Morgan fingerprint density at radius 3 is 2.67 bits per heavy atom. The fourth-order valence-corrected chi connectivity index (χ4v) is 2.60. The molecule has 2 aliphatic heterocycles. The van der Waals surface area contributed by atoms with Crippen molar-refractivity contribution in [3.63, 3.8) is 0 Å². The smallest absolute Gasteiger partial charge is 0.224 e. The van der Waals surface area contributed by atoms with Gasteiger partial charge in [-0.25, -0.2) is 0 Å². The number of benzene rings is 1. The Bertz CT molecular complexity index is 416. The van der Waals surface area contributed by atoms with Gasteiger partial charge in [-0.1, -0.05) is 24.3 Å². The fourth-order valence-electron chi connectivity index (χ4n) is 2.60. The molecular weight excluding hydrogens is 228 g/mol. The van der Waals surface area contributed by atoms with Crippen LogP contribution < -0.4 is 5.32 Å². The van der Waals surface area contributed by atoms with Crippen LogP contribution in [0.5, 0.6) is 0 Å². The van der Waals surface area contributed by atoms with Gasteiger partial charge in [-0.3, -0.25) is 4.79 Å². The molecule has 96 valence electrons. The average Bonchev–Trinajstić information content (AvgIpc) is 2.84. The zero-order chi connectivity index (χ0) is 12.4. The normalized spacial score (nSPS) is 22.9. The second kappa shape index (κ2) is 5.08. The first-order valence-electron chi connectivity index (χ1n) is 6.48. The number of nitrogens with zero attached hydrogens (tertiary/aromatic N) is 1. The minimum Gasteiger partial charge on any atom is -0.378 e. The first kappa shape index (κ1) is 11.7. The Balaban J connectivity index is 1.58. The SMILES string of the molecule is O=C(CC1COCCN1)N1Cc2ccccc2C1. The molecule has 1 aromatic rings. The molecule has 1 saturated heterocycles. The molecule has 1 unspecified atom stereocenters. The highest BCUT2D eigenvalue weighted by Gasteiger charge is 2.25. The summed E-state index contributed by atoms with van der Waals surface area (Å²) in [6.07, 6.45) is 0.536. The first-order chi connectivity index (χ1) is 8.83. The van der Waals surface area contributed by atoms with Crippen LogP contribution in [-0.2, 0) is 22.6 Å². The topological polar surface area (TPSA) is 41.6 Å². The van der Waals surface area contributed by atoms with Gasteiger partial charge < -0.3 is 15.0 Å². The van der Waals surface area contributed by atoms with Crippen LogP contribution in [0.1, 0.15) is 17.5 Å². The lowest BCUT2D eigenvalue weighted by atomic mass is 10.1. The van der Waals surface area contributed by atoms with E-state index in [0.717, 1.165) is 26.2 Å². The number of ether oxygens (including phenoxy) is 1. The van der Waals surface area contributed by atoms with E-state index in [4.69, 9.17) is 4.74 Å². The predicted octanol–water partition coefficient (Wildman–Crippen LogP) is 0.907. The number of carbonyl (C=O) groups is 1. The number of morpholine rings is 1. The van der Waals surface area contributed by atoms with Gasteiger partial charge in [0, 0.05) is 32.1 Å². The number of hydrogen-bond donors (Lipinski definition) is 1. The molecule has 0 saturated carbocycles. The lowest BCUT2D eigenvalue weighted by Crippen LogP contribution is -2.44. The van der Waals surface area contributed by atoms with Crippen molar-refractivity contribution in [2.24, 2.45) is 0 Å². The van der Waals surface area contributed by atoms with E-state index >= 15 is 0 Å². The molecule has 2 aliphatic rings. The van der Waals surface area contributed by atoms with Crippen molar-refractivity contribution in [3.8, 4) is 0 Å². The van der Waals surface area contributed by atoms with Crippen LogP contribution in [0, 0.1) is 0 Å². The van der Waals surface area contributed by atoms with Gasteiger partial charge in [-0.05, 0) is 11.1 Å². The highest BCUT2D eigenvalue weighted by molar-refractivity contribution is 5.77. The van der Waals surface area contributed by atoms with E-state index in [1.807, 2.05) is 17.0 Å². The molecule has 0 radical (unpaired) electrons. The van der Waals surface area contributed by atoms with E-state index in [9.17, 15) is 4.79 Å². The standard InChI is InChI=1S/C14H18N2O2/c17-14(7-13-10-18-6-5-15-13)16-8-11-3-1-2-4-12(11)9-16/h1-4,13,15H,5-10H2. The monoisotopic (exact) mass is 246 g/mol. The van der Waals surface area contributed by atoms with Gasteiger partial charge in [0.15, 0.2) is 0 Å². The number of nitrogens with one attached hydrogen (secondary N) is 1. The van der Waals surface area contributed by atoms with Crippen molar-refractivity contribution in [3.05, 3.63) is 35.4 Å². The van der Waals surface area contributed by atoms with E-state index in [-0.39, 0.29) is 11.9 Å². The lowest BCUT2D eigenvalue weighted by Gasteiger charge is -2.25. The van der Waals surface area contributed by atoms with E-state index in [0.29, 0.717) is 13.0 Å². The maximum atomic E-state index is 12.2. The van der Waals surface area contributed by atoms with Crippen LogP contribution in [0.2, 0.25) is 0 Å². The molecular formula is C14H18N2O2. The fraction of sp³-hybridized carbons (Fsp3) is 0.500. The van der Waals surface area contributed by atoms with Crippen LogP contribution in [0.4, 0.5) is 0 Å². The first-order valence-corrected chi connectivity index (χ1v) is 6.48. The maximum absolute atomic E-state index is 12.2. The zero-order valence-electron chi connectivity index (χ0n) is 10.4. The van der Waals surface area contributed by atoms with Crippen molar-refractivity contribution < 1.29 is 9.53 Å². The highest BCUT2D eigenvalue weighted by atomic mass is 16.5. The van der Waals surface area contributed by atoms with Gasteiger partial charge in [0.1, 0.15) is 0 Å². The number of carbonyl (C=O) groups excluding carboxylic acids is 1. The number of fused-ring (bicyclic) bond motifs is 1. The predicted molar refractivity (Wildman–Crippen MR) is 67.9 cm³/mol. The van der Waals surface area contributed by atoms with Crippen molar-refractivity contribution in [2.45, 2.75) is 25.6 Å². The lowest BCUT2D eigenvalue weighted by molar-refractivity contribution is -0.133. The summed E-state index contributed by atoms with van der Waals surface area (Å²) in [5, 5.41) is 3.32. The quantitative estimate of drug-likeness (QED) is 0.843. The summed E-state index contributed by atoms with van der Waals surface area (Å²) < 4.78 is 5.37. The summed E-state index contributed by atoms with van der Waals surface area (Å²) in [6, 6.07) is 8.44. The van der Waals surface area contributed by atoms with Crippen LogP contribution >= 0.6 is 0 Å². The summed E-state index contributed by atoms with van der Waals surface area (Å²) in [7, 11) is 0. The van der Waals surface area contributed by atoms with Crippen molar-refractivity contribution in [2.75, 3.05) is 19.8 Å². The molecule has 0 aliphatic carbocycles. The van der Waals surface area contributed by atoms with Gasteiger partial charge >= 0.3 is 0 Å². The minimum atomic E-state index is 0.176. The summed E-state index contributed by atoms with van der Waals surface area (Å²) in [5.41, 5.74) is 2.55. The summed E-state index contributed by atoms with van der Waals surface area (Å²) in [6.45, 7) is 3.75. The van der Waals surface area contributed by atoms with Gasteiger partial charge in [0.2, 0.25) is 5.91 Å². The molecule has 1 N–H and O–H groups in total. The highest BCUT2D eigenvalue weighted by Crippen LogP contribution is 2.23. The van der Waals surface area contributed by atoms with Crippen LogP contribution in [-0.4, -0.2) is 36.6 Å². The number of amides is 1. The van der Waals surface area contributed by atoms with Gasteiger partial charge in [-0.2, -0.15) is 0 Å². The maximum Gasteiger partial charge on any atom is 0.224 e. The van der Waals surface area contributed by atoms with E-state index < -0.39 is 0 Å². The van der Waals surface area contributed by atoms with Gasteiger partial charge in [-0.15, -0.1) is 0 Å². The molecule has 18 heavy (non-hydrogen) atoms. The molecule has 0 bridgehead atoms. The molecule has 1 fully saturated rings. The van der Waals surface area contributed by atoms with Gasteiger partial charge in [0.05, 0.1) is 13.2 Å². The average molecular weight is 246 g/mol. The van der Waals surface area contributed by atoms with Crippen LogP contribution in [0.15, 0.2) is 24.3 Å². The molecule has 1 amide bonds. The van der Waals surface area contributed by atoms with E-state index in [2.05, 4.69) is 17.4 Å². The third kappa shape index (κ3) is 2.40. The Kier molecular flexibility index (Phi) is 3.30. The molecule has 1 atom stereocenters. The largest absolute Gasteiger partial charge is 0.378 e. The molecule has 4 nitrogen and oxygen atoms in total. The summed E-state index contributed by atoms with van der Waals surface area (Å²) in [5.74, 6) is 0.217.